The van der Waals surface area contributed by atoms with Gasteiger partial charge in [0.05, 0.1) is 16.6 Å². The molecule has 3 heterocycles. The van der Waals surface area contributed by atoms with Crippen LogP contribution in [0.4, 0.5) is 13.2 Å². The van der Waals surface area contributed by atoms with Gasteiger partial charge in [-0.15, -0.1) is 0 Å². The smallest absolute Gasteiger partial charge is 0.433 e. The number of nitrogens with zero attached hydrogens (tertiary/aromatic N) is 2. The molecule has 36 heavy (non-hydrogen) atoms. The quantitative estimate of drug-likeness (QED) is 0.480. The summed E-state index contributed by atoms with van der Waals surface area (Å²) in [5.41, 5.74) is 1.16. The van der Waals surface area contributed by atoms with Crippen LogP contribution >= 0.6 is 11.6 Å². The molecule has 1 saturated heterocycles. The molecular weight excluding hydrogens is 493 g/mol. The Morgan fingerprint density at radius 1 is 1.22 bits per heavy atom. The number of halogens is 4. The number of pyridine rings is 1. The predicted octanol–water partition coefficient (Wildman–Crippen LogP) is 6.33. The number of benzene rings is 1. The minimum Gasteiger partial charge on any atom is -0.487 e. The topological polar surface area (TPSA) is 62.7 Å². The molecule has 1 aromatic heterocycles. The number of carboxylic acids is 1. The number of aliphatic carboxylic acids is 1. The van der Waals surface area contributed by atoms with Crippen molar-refractivity contribution in [2.75, 3.05) is 13.1 Å². The van der Waals surface area contributed by atoms with Crippen molar-refractivity contribution in [1.82, 2.24) is 9.88 Å². The number of hydrogen-bond acceptors (Lipinski definition) is 4. The molecule has 1 spiro atoms. The van der Waals surface area contributed by atoms with E-state index in [2.05, 4.69) is 28.1 Å². The molecule has 2 aromatic rings. The van der Waals surface area contributed by atoms with Crippen molar-refractivity contribution in [1.29, 1.82) is 0 Å². The molecule has 9 heteroatoms. The number of aromatic nitrogens is 1. The first-order valence-corrected chi connectivity index (χ1v) is 12.9. The molecule has 0 bridgehead atoms. The van der Waals surface area contributed by atoms with Crippen molar-refractivity contribution in [3.05, 3.63) is 57.9 Å². The summed E-state index contributed by atoms with van der Waals surface area (Å²) in [5.74, 6) is 0.0162. The van der Waals surface area contributed by atoms with Crippen LogP contribution in [0.5, 0.6) is 5.75 Å². The zero-order valence-electron chi connectivity index (χ0n) is 20.2. The first kappa shape index (κ1) is 25.3. The zero-order valence-corrected chi connectivity index (χ0v) is 20.9. The van der Waals surface area contributed by atoms with Crippen LogP contribution in [0.2, 0.25) is 5.02 Å². The van der Waals surface area contributed by atoms with Gasteiger partial charge < -0.3 is 9.84 Å². The maximum atomic E-state index is 13.1. The Labute approximate surface area is 213 Å². The van der Waals surface area contributed by atoms with Crippen LogP contribution in [0.1, 0.15) is 67.5 Å². The van der Waals surface area contributed by atoms with Gasteiger partial charge in [-0.05, 0) is 79.7 Å². The van der Waals surface area contributed by atoms with E-state index in [1.807, 2.05) is 0 Å². The molecule has 1 aliphatic carbocycles. The number of rotatable bonds is 6. The number of hydrogen-bond donors (Lipinski definition) is 1. The van der Waals surface area contributed by atoms with E-state index < -0.39 is 23.8 Å². The van der Waals surface area contributed by atoms with Gasteiger partial charge in [-0.25, -0.2) is 4.98 Å². The molecule has 1 N–H and O–H groups in total. The van der Waals surface area contributed by atoms with E-state index in [0.717, 1.165) is 61.5 Å². The lowest BCUT2D eigenvalue weighted by molar-refractivity contribution is -0.142. The Morgan fingerprint density at radius 2 is 1.94 bits per heavy atom. The van der Waals surface area contributed by atoms with Crippen molar-refractivity contribution >= 4 is 17.6 Å². The lowest BCUT2D eigenvalue weighted by Gasteiger charge is -2.45. The van der Waals surface area contributed by atoms with Crippen LogP contribution in [0, 0.1) is 11.8 Å². The van der Waals surface area contributed by atoms with E-state index in [0.29, 0.717) is 19.0 Å². The van der Waals surface area contributed by atoms with E-state index in [9.17, 15) is 23.1 Å². The molecule has 2 atom stereocenters. The van der Waals surface area contributed by atoms with Crippen LogP contribution in [0.3, 0.4) is 0 Å². The van der Waals surface area contributed by atoms with Crippen LogP contribution in [0.15, 0.2) is 30.3 Å². The third kappa shape index (κ3) is 5.21. The summed E-state index contributed by atoms with van der Waals surface area (Å²) in [4.78, 5) is 17.6. The van der Waals surface area contributed by atoms with Crippen molar-refractivity contribution in [3.8, 4) is 5.75 Å². The second-order valence-electron chi connectivity index (χ2n) is 10.5. The summed E-state index contributed by atoms with van der Waals surface area (Å²) in [5, 5.41) is 9.86. The Bertz CT molecular complexity index is 1140. The monoisotopic (exact) mass is 522 g/mol. The van der Waals surface area contributed by atoms with Gasteiger partial charge in [0.15, 0.2) is 0 Å². The van der Waals surface area contributed by atoms with Gasteiger partial charge >= 0.3 is 12.1 Å². The minimum absolute atomic E-state index is 0.0131. The largest absolute Gasteiger partial charge is 0.487 e. The average molecular weight is 523 g/mol. The average Bonchev–Trinajstić information content (AvgIpc) is 3.66. The fourth-order valence-corrected chi connectivity index (χ4v) is 5.91. The lowest BCUT2D eigenvalue weighted by Crippen LogP contribution is -2.49. The van der Waals surface area contributed by atoms with Crippen LogP contribution in [0.25, 0.3) is 0 Å². The molecule has 0 radical (unpaired) electrons. The van der Waals surface area contributed by atoms with Gasteiger partial charge in [0.1, 0.15) is 17.0 Å². The molecule has 2 fully saturated rings. The minimum atomic E-state index is -4.51. The van der Waals surface area contributed by atoms with Crippen LogP contribution in [-0.2, 0) is 23.9 Å². The summed E-state index contributed by atoms with van der Waals surface area (Å²) < 4.78 is 45.9. The molecule has 3 aliphatic rings. The lowest BCUT2D eigenvalue weighted by atomic mass is 9.80. The van der Waals surface area contributed by atoms with Gasteiger partial charge in [0, 0.05) is 19.6 Å². The number of fused-ring (bicyclic) bond motifs is 1. The first-order chi connectivity index (χ1) is 17.0. The first-order valence-electron chi connectivity index (χ1n) is 12.5. The Morgan fingerprint density at radius 3 is 2.58 bits per heavy atom. The molecule has 1 aromatic carbocycles. The van der Waals surface area contributed by atoms with Crippen LogP contribution < -0.4 is 4.74 Å². The van der Waals surface area contributed by atoms with Crippen LogP contribution in [-0.4, -0.2) is 39.7 Å². The summed E-state index contributed by atoms with van der Waals surface area (Å²) in [6.07, 6.45) is 0.895. The van der Waals surface area contributed by atoms with Gasteiger partial charge in [-0.1, -0.05) is 30.7 Å². The highest BCUT2D eigenvalue weighted by Gasteiger charge is 2.42. The summed E-state index contributed by atoms with van der Waals surface area (Å²) in [6, 6.07) is 8.37. The molecule has 1 saturated carbocycles. The fraction of sp³-hybridized carbons (Fsp3) is 0.556. The molecule has 194 valence electrons. The summed E-state index contributed by atoms with van der Waals surface area (Å²) >= 11 is 6.15. The van der Waals surface area contributed by atoms with Crippen molar-refractivity contribution in [2.24, 2.45) is 11.8 Å². The van der Waals surface area contributed by atoms with E-state index in [1.54, 1.807) is 6.92 Å². The van der Waals surface area contributed by atoms with Gasteiger partial charge in [0.2, 0.25) is 0 Å². The Balaban J connectivity index is 1.27. The summed E-state index contributed by atoms with van der Waals surface area (Å²) in [6.45, 7) is 3.39. The van der Waals surface area contributed by atoms with E-state index >= 15 is 0 Å². The highest BCUT2D eigenvalue weighted by atomic mass is 35.5. The number of ether oxygens (including phenoxy) is 1. The molecule has 2 unspecified atom stereocenters. The molecule has 5 nitrogen and oxygen atoms in total. The highest BCUT2D eigenvalue weighted by molar-refractivity contribution is 6.31. The second kappa shape index (κ2) is 9.53. The molecule has 5 rings (SSSR count). The third-order valence-corrected chi connectivity index (χ3v) is 8.40. The van der Waals surface area contributed by atoms with Crippen molar-refractivity contribution in [2.45, 2.75) is 69.7 Å². The van der Waals surface area contributed by atoms with Crippen molar-refractivity contribution < 1.29 is 27.8 Å². The Kier molecular flexibility index (Phi) is 6.70. The standard InChI is InChI=1S/C27H30ClF3N2O3/c1-16(25(34)35)24(18-3-4-18)19-5-2-17-8-9-26(36-22(17)14-19)10-12-33(13-11-26)15-21-20(28)6-7-23(32-21)27(29,30)31/h2,5-7,14,16,18,24H,3-4,8-13,15H2,1H3,(H,34,35). The van der Waals surface area contributed by atoms with E-state index in [-0.39, 0.29) is 28.8 Å². The number of piperidine rings is 1. The maximum Gasteiger partial charge on any atom is 0.433 e. The maximum absolute atomic E-state index is 13.1. The van der Waals surface area contributed by atoms with Gasteiger partial charge in [0.25, 0.3) is 0 Å². The number of carboxylic acid groups (broad SMARTS) is 1. The number of likely N-dealkylation sites (tertiary alicyclic amines) is 1. The summed E-state index contributed by atoms with van der Waals surface area (Å²) in [7, 11) is 0. The van der Waals surface area contributed by atoms with Gasteiger partial charge in [-0.2, -0.15) is 13.2 Å². The predicted molar refractivity (Wildman–Crippen MR) is 129 cm³/mol. The van der Waals surface area contributed by atoms with Gasteiger partial charge in [-0.3, -0.25) is 9.69 Å². The number of aryl methyl sites for hydroxylation is 1. The highest BCUT2D eigenvalue weighted by Crippen LogP contribution is 2.49. The third-order valence-electron chi connectivity index (χ3n) is 8.06. The van der Waals surface area contributed by atoms with E-state index in [4.69, 9.17) is 16.3 Å². The Hall–Kier alpha value is -2.32. The second-order valence-corrected chi connectivity index (χ2v) is 10.9. The fourth-order valence-electron chi connectivity index (χ4n) is 5.74. The molecule has 0 amide bonds. The molecule has 2 aliphatic heterocycles. The normalized spacial score (nSPS) is 21.5. The SMILES string of the molecule is CC(C(=O)O)C(c1ccc2c(c1)OC1(CC2)CCN(Cc2nc(C(F)(F)F)ccc2Cl)CC1)C1CC1. The van der Waals surface area contributed by atoms with E-state index in [1.165, 1.54) is 6.07 Å². The molecular formula is C27H30ClF3N2O3. The number of alkyl halides is 3. The number of carbonyl (C=O) groups is 1. The van der Waals surface area contributed by atoms with Crippen molar-refractivity contribution in [3.63, 3.8) is 0 Å². The zero-order chi connectivity index (χ0) is 25.7.